The van der Waals surface area contributed by atoms with Crippen molar-refractivity contribution in [2.45, 2.75) is 0 Å². The molecule has 0 atom stereocenters. The quantitative estimate of drug-likeness (QED) is 0.144. The summed E-state index contributed by atoms with van der Waals surface area (Å²) in [6.07, 6.45) is 0. The van der Waals surface area contributed by atoms with Crippen LogP contribution in [0.5, 0.6) is 0 Å². The van der Waals surface area contributed by atoms with Crippen LogP contribution in [-0.2, 0) is 0 Å². The summed E-state index contributed by atoms with van der Waals surface area (Å²) in [4.78, 5) is 4.87. The minimum absolute atomic E-state index is 1.08. The highest BCUT2D eigenvalue weighted by Gasteiger charge is 2.24. The number of thiophene rings is 1. The summed E-state index contributed by atoms with van der Waals surface area (Å²) in [5.41, 5.74) is 13.7. The first-order valence-corrected chi connectivity index (χ1v) is 21.6. The Balaban J connectivity index is 1.18. The van der Waals surface area contributed by atoms with E-state index in [0.29, 0.717) is 0 Å². The van der Waals surface area contributed by atoms with Gasteiger partial charge < -0.3 is 9.80 Å². The van der Waals surface area contributed by atoms with Crippen LogP contribution in [0.25, 0.3) is 64.3 Å². The number of anilines is 6. The van der Waals surface area contributed by atoms with Gasteiger partial charge in [-0.15, -0.1) is 11.3 Å². The van der Waals surface area contributed by atoms with E-state index in [1.54, 1.807) is 0 Å². The Bertz CT molecular complexity index is 3270. The van der Waals surface area contributed by atoms with E-state index >= 15 is 0 Å². The summed E-state index contributed by atoms with van der Waals surface area (Å²) >= 11 is 1.87. The van der Waals surface area contributed by atoms with Gasteiger partial charge in [0.15, 0.2) is 0 Å². The highest BCUT2D eigenvalue weighted by Crippen LogP contribution is 2.50. The van der Waals surface area contributed by atoms with Gasteiger partial charge in [-0.2, -0.15) is 0 Å². The maximum Gasteiger partial charge on any atom is 0.0575 e. The molecule has 10 aromatic carbocycles. The van der Waals surface area contributed by atoms with E-state index in [9.17, 15) is 0 Å². The van der Waals surface area contributed by atoms with Crippen molar-refractivity contribution >= 4 is 76.4 Å². The molecule has 3 heteroatoms. The van der Waals surface area contributed by atoms with Crippen molar-refractivity contribution < 1.29 is 0 Å². The molecule has 0 aliphatic heterocycles. The van der Waals surface area contributed by atoms with Gasteiger partial charge in [-0.3, -0.25) is 0 Å². The minimum atomic E-state index is 1.08. The Morgan fingerprint density at radius 1 is 0.262 bits per heavy atom. The first-order chi connectivity index (χ1) is 30.2. The average Bonchev–Trinajstić information content (AvgIpc) is 3.73. The SMILES string of the molecule is c1ccc(-c2ccc(N(c3cccc(-c4ccccc4)c3)c3cc(N(c4ccccc4)c4ccc(-c5ccccc5)cc4)c4c(c3)sc3ccc5ccccc5c34)cc2)cc1. The van der Waals surface area contributed by atoms with Crippen molar-refractivity contribution in [2.75, 3.05) is 9.80 Å². The molecule has 11 aromatic rings. The van der Waals surface area contributed by atoms with Gasteiger partial charge in [-0.25, -0.2) is 0 Å². The van der Waals surface area contributed by atoms with Gasteiger partial charge >= 0.3 is 0 Å². The molecule has 0 saturated carbocycles. The van der Waals surface area contributed by atoms with E-state index in [1.165, 1.54) is 64.3 Å². The van der Waals surface area contributed by atoms with Crippen molar-refractivity contribution in [3.8, 4) is 33.4 Å². The summed E-state index contributed by atoms with van der Waals surface area (Å²) in [5, 5.41) is 5.03. The van der Waals surface area contributed by atoms with Crippen LogP contribution in [0.1, 0.15) is 0 Å². The van der Waals surface area contributed by atoms with Crippen LogP contribution < -0.4 is 9.80 Å². The molecule has 0 radical (unpaired) electrons. The lowest BCUT2D eigenvalue weighted by Crippen LogP contribution is -2.13. The summed E-state index contributed by atoms with van der Waals surface area (Å²) < 4.78 is 2.50. The summed E-state index contributed by atoms with van der Waals surface area (Å²) in [6.45, 7) is 0. The zero-order chi connectivity index (χ0) is 40.5. The number of hydrogen-bond donors (Lipinski definition) is 0. The van der Waals surface area contributed by atoms with Crippen molar-refractivity contribution in [2.24, 2.45) is 0 Å². The van der Waals surface area contributed by atoms with Gasteiger partial charge in [0.1, 0.15) is 0 Å². The maximum atomic E-state index is 2.45. The van der Waals surface area contributed by atoms with Gasteiger partial charge in [0.25, 0.3) is 0 Å². The van der Waals surface area contributed by atoms with Crippen LogP contribution >= 0.6 is 11.3 Å². The fraction of sp³-hybridized carbons (Fsp3) is 0. The molecule has 2 nitrogen and oxygen atoms in total. The number of para-hydroxylation sites is 1. The normalized spacial score (nSPS) is 11.3. The van der Waals surface area contributed by atoms with Crippen molar-refractivity contribution in [3.63, 3.8) is 0 Å². The molecule has 1 heterocycles. The zero-order valence-corrected chi connectivity index (χ0v) is 34.2. The summed E-state index contributed by atoms with van der Waals surface area (Å²) in [6, 6.07) is 87.9. The standard InChI is InChI=1S/C58H40N2S/c1-5-16-41(17-6-1)44-28-33-49(34-29-44)59(51-26-15-23-47(38-51)43-20-9-3-10-21-43)52-39-54(58-56(40-52)61-55-37-32-46-22-13-14-27-53(46)57(55)58)60(48-24-11-4-12-25-48)50-35-30-45(31-36-50)42-18-7-2-8-19-42/h1-40H. The Kier molecular flexibility index (Phi) is 9.42. The van der Waals surface area contributed by atoms with Crippen molar-refractivity contribution in [1.82, 2.24) is 0 Å². The molecule has 0 unspecified atom stereocenters. The van der Waals surface area contributed by atoms with Crippen LogP contribution in [0.4, 0.5) is 34.1 Å². The molecule has 0 bridgehead atoms. The van der Waals surface area contributed by atoms with E-state index in [4.69, 9.17) is 0 Å². The van der Waals surface area contributed by atoms with E-state index in [-0.39, 0.29) is 0 Å². The van der Waals surface area contributed by atoms with Crippen LogP contribution in [-0.4, -0.2) is 0 Å². The molecule has 0 spiro atoms. The van der Waals surface area contributed by atoms with E-state index in [2.05, 4.69) is 252 Å². The molecular formula is C58H40N2S. The molecule has 61 heavy (non-hydrogen) atoms. The van der Waals surface area contributed by atoms with Gasteiger partial charge in [0.05, 0.1) is 5.69 Å². The Morgan fingerprint density at radius 3 is 1.36 bits per heavy atom. The van der Waals surface area contributed by atoms with E-state index in [0.717, 1.165) is 34.1 Å². The summed E-state index contributed by atoms with van der Waals surface area (Å²) in [5.74, 6) is 0. The minimum Gasteiger partial charge on any atom is -0.310 e. The highest BCUT2D eigenvalue weighted by atomic mass is 32.1. The topological polar surface area (TPSA) is 6.48 Å². The largest absolute Gasteiger partial charge is 0.310 e. The first-order valence-electron chi connectivity index (χ1n) is 20.7. The molecule has 1 aromatic heterocycles. The number of rotatable bonds is 9. The molecule has 288 valence electrons. The van der Waals surface area contributed by atoms with E-state index in [1.807, 2.05) is 11.3 Å². The molecular weight excluding hydrogens is 757 g/mol. The van der Waals surface area contributed by atoms with Gasteiger partial charge in [0.2, 0.25) is 0 Å². The second-order valence-corrected chi connectivity index (χ2v) is 16.4. The molecule has 0 aliphatic rings. The van der Waals surface area contributed by atoms with Crippen molar-refractivity contribution in [1.29, 1.82) is 0 Å². The third-order valence-corrected chi connectivity index (χ3v) is 12.7. The van der Waals surface area contributed by atoms with Crippen LogP contribution in [0.15, 0.2) is 243 Å². The van der Waals surface area contributed by atoms with Crippen LogP contribution in [0.2, 0.25) is 0 Å². The van der Waals surface area contributed by atoms with Crippen molar-refractivity contribution in [3.05, 3.63) is 243 Å². The maximum absolute atomic E-state index is 2.45. The predicted molar refractivity (Wildman–Crippen MR) is 263 cm³/mol. The third kappa shape index (κ3) is 6.91. The number of nitrogens with zero attached hydrogens (tertiary/aromatic N) is 2. The van der Waals surface area contributed by atoms with Gasteiger partial charge in [-0.1, -0.05) is 176 Å². The highest BCUT2D eigenvalue weighted by molar-refractivity contribution is 7.26. The number of benzene rings is 10. The first kappa shape index (κ1) is 36.4. The average molecular weight is 797 g/mol. The predicted octanol–water partition coefficient (Wildman–Crippen LogP) is 17.1. The smallest absolute Gasteiger partial charge is 0.0575 e. The molecule has 0 fully saturated rings. The molecule has 0 N–H and O–H groups in total. The lowest BCUT2D eigenvalue weighted by atomic mass is 10.00. The van der Waals surface area contributed by atoms with E-state index < -0.39 is 0 Å². The van der Waals surface area contributed by atoms with Gasteiger partial charge in [-0.05, 0) is 111 Å². The second kappa shape index (κ2) is 15.8. The third-order valence-electron chi connectivity index (χ3n) is 11.6. The summed E-state index contributed by atoms with van der Waals surface area (Å²) in [7, 11) is 0. The van der Waals surface area contributed by atoms with Crippen LogP contribution in [0.3, 0.4) is 0 Å². The second-order valence-electron chi connectivity index (χ2n) is 15.3. The molecule has 0 amide bonds. The van der Waals surface area contributed by atoms with Crippen LogP contribution in [0, 0.1) is 0 Å². The number of fused-ring (bicyclic) bond motifs is 5. The lowest BCUT2D eigenvalue weighted by Gasteiger charge is -2.30. The Labute approximate surface area is 360 Å². The zero-order valence-electron chi connectivity index (χ0n) is 33.4. The Hall–Kier alpha value is -7.72. The molecule has 11 rings (SSSR count). The Morgan fingerprint density at radius 2 is 0.738 bits per heavy atom. The monoisotopic (exact) mass is 796 g/mol. The molecule has 0 aliphatic carbocycles. The fourth-order valence-electron chi connectivity index (χ4n) is 8.71. The lowest BCUT2D eigenvalue weighted by molar-refractivity contribution is 1.26. The fourth-order valence-corrected chi connectivity index (χ4v) is 9.89. The number of hydrogen-bond acceptors (Lipinski definition) is 3. The van der Waals surface area contributed by atoms with Gasteiger partial charge in [0, 0.05) is 48.6 Å². The molecule has 0 saturated heterocycles.